The van der Waals surface area contributed by atoms with Gasteiger partial charge in [0.1, 0.15) is 0 Å². The Morgan fingerprint density at radius 2 is 1.09 bits per heavy atom. The Bertz CT molecular complexity index is 25.9. The van der Waals surface area contributed by atoms with E-state index in [-0.39, 0.29) is 19.5 Å². The molecular weight excluding hydrogens is 185 g/mol. The second kappa shape index (κ2) is 22.4. The van der Waals surface area contributed by atoms with Crippen molar-refractivity contribution in [2.24, 2.45) is 0 Å². The minimum atomic E-state index is 0. The maximum absolute atomic E-state index is 2.18. The quantitative estimate of drug-likeness (QED) is 0.483. The van der Waals surface area contributed by atoms with Crippen LogP contribution in [0, 0.1) is 12.8 Å². The molecule has 0 aliphatic heterocycles. The molecule has 0 spiro atoms. The van der Waals surface area contributed by atoms with Crippen LogP contribution in [0.25, 0.3) is 0 Å². The second-order valence-corrected chi connectivity index (χ2v) is 2.39. The van der Waals surface area contributed by atoms with E-state index >= 15 is 0 Å². The molecule has 0 rings (SSSR count). The molecule has 0 saturated heterocycles. The Balaban J connectivity index is -0.000000107. The Morgan fingerprint density at radius 1 is 0.818 bits per heavy atom. The summed E-state index contributed by atoms with van der Waals surface area (Å²) in [5.41, 5.74) is 0. The maximum atomic E-state index is 2.18. The predicted octanol–water partition coefficient (Wildman–Crippen LogP) is 4.02. The average molecular weight is 208 g/mol. The van der Waals surface area contributed by atoms with Gasteiger partial charge in [0.2, 0.25) is 0 Å². The van der Waals surface area contributed by atoms with Gasteiger partial charge in [0.25, 0.3) is 0 Å². The summed E-state index contributed by atoms with van der Waals surface area (Å²) >= 11 is 0. The zero-order valence-electron chi connectivity index (χ0n) is 8.69. The van der Waals surface area contributed by atoms with Crippen molar-refractivity contribution in [3.8, 4) is 0 Å². The van der Waals surface area contributed by atoms with Crippen molar-refractivity contribution >= 4 is 0 Å². The van der Waals surface area contributed by atoms with Crippen LogP contribution in [0.5, 0.6) is 0 Å². The van der Waals surface area contributed by atoms with E-state index in [0.717, 1.165) is 0 Å². The molecule has 0 radical (unpaired) electrons. The largest absolute Gasteiger partial charge is 2.00 e. The van der Waals surface area contributed by atoms with Gasteiger partial charge >= 0.3 is 19.5 Å². The summed E-state index contributed by atoms with van der Waals surface area (Å²) in [5, 5.41) is 0. The first-order chi connectivity index (χ1) is 4.83. The van der Waals surface area contributed by atoms with Gasteiger partial charge in [-0.3, -0.25) is 0 Å². The number of hydrogen-bond donors (Lipinski definition) is 0. The van der Waals surface area contributed by atoms with Crippen LogP contribution < -0.4 is 0 Å². The fourth-order valence-corrected chi connectivity index (χ4v) is 0.577. The van der Waals surface area contributed by atoms with Crippen molar-refractivity contribution in [1.82, 2.24) is 0 Å². The Labute approximate surface area is 85.9 Å². The summed E-state index contributed by atoms with van der Waals surface area (Å²) in [6, 6.07) is 0. The van der Waals surface area contributed by atoms with Crippen LogP contribution >= 0.6 is 0 Å². The standard InChI is InChI=1S/2C5H11.Zn/c2*1-3-5-4-2;/h2*3H,4-5H2,1-2H3;/q2*-1;+2. The number of hydrogen-bond acceptors (Lipinski definition) is 0. The van der Waals surface area contributed by atoms with Gasteiger partial charge in [-0.2, -0.15) is 26.7 Å². The molecule has 0 fully saturated rings. The van der Waals surface area contributed by atoms with Crippen LogP contribution in [0.3, 0.4) is 0 Å². The Morgan fingerprint density at radius 3 is 1.09 bits per heavy atom. The Hall–Kier alpha value is 0.623. The summed E-state index contributed by atoms with van der Waals surface area (Å²) in [5.74, 6) is 0. The molecule has 0 unspecified atom stereocenters. The Kier molecular flexibility index (Phi) is 36.0. The molecule has 0 aromatic rings. The van der Waals surface area contributed by atoms with E-state index in [9.17, 15) is 0 Å². The molecule has 0 atom stereocenters. The average Bonchev–Trinajstić information content (AvgIpc) is 1.93. The summed E-state index contributed by atoms with van der Waals surface area (Å²) in [4.78, 5) is 0. The van der Waals surface area contributed by atoms with Gasteiger partial charge < -0.3 is 12.8 Å². The normalized spacial score (nSPS) is 7.64. The van der Waals surface area contributed by atoms with Crippen LogP contribution in [-0.2, 0) is 19.5 Å². The first-order valence-electron chi connectivity index (χ1n) is 4.39. The van der Waals surface area contributed by atoms with E-state index < -0.39 is 0 Å². The van der Waals surface area contributed by atoms with Crippen LogP contribution in [0.1, 0.15) is 53.4 Å². The summed E-state index contributed by atoms with van der Waals surface area (Å²) in [6.07, 6.45) is 9.47. The topological polar surface area (TPSA) is 0 Å². The fourth-order valence-electron chi connectivity index (χ4n) is 0.577. The van der Waals surface area contributed by atoms with Crippen molar-refractivity contribution in [2.45, 2.75) is 53.4 Å². The molecule has 0 nitrogen and oxygen atoms in total. The molecule has 0 bridgehead atoms. The van der Waals surface area contributed by atoms with E-state index in [2.05, 4.69) is 40.5 Å². The van der Waals surface area contributed by atoms with E-state index in [4.69, 9.17) is 0 Å². The van der Waals surface area contributed by atoms with Gasteiger partial charge in [-0.15, -0.1) is 0 Å². The van der Waals surface area contributed by atoms with Gasteiger partial charge in [0, 0.05) is 0 Å². The molecule has 0 aliphatic carbocycles. The van der Waals surface area contributed by atoms with Crippen molar-refractivity contribution in [1.29, 1.82) is 0 Å². The van der Waals surface area contributed by atoms with Crippen molar-refractivity contribution in [3.05, 3.63) is 12.8 Å². The van der Waals surface area contributed by atoms with E-state index in [1.54, 1.807) is 0 Å². The molecule has 64 valence electrons. The molecule has 0 saturated carbocycles. The van der Waals surface area contributed by atoms with Crippen molar-refractivity contribution in [2.75, 3.05) is 0 Å². The predicted molar refractivity (Wildman–Crippen MR) is 49.8 cm³/mol. The molecular formula is C10H22Zn. The first kappa shape index (κ1) is 17.6. The third kappa shape index (κ3) is 37.0. The van der Waals surface area contributed by atoms with Crippen LogP contribution in [-0.4, -0.2) is 0 Å². The smallest absolute Gasteiger partial charge is 0.332 e. The van der Waals surface area contributed by atoms with E-state index in [1.165, 1.54) is 25.7 Å². The first-order valence-corrected chi connectivity index (χ1v) is 4.39. The summed E-state index contributed by atoms with van der Waals surface area (Å²) in [6.45, 7) is 8.53. The van der Waals surface area contributed by atoms with Crippen LogP contribution in [0.4, 0.5) is 0 Å². The molecule has 0 amide bonds. The summed E-state index contributed by atoms with van der Waals surface area (Å²) < 4.78 is 0. The molecule has 0 heterocycles. The zero-order chi connectivity index (χ0) is 8.24. The van der Waals surface area contributed by atoms with Crippen LogP contribution in [0.2, 0.25) is 0 Å². The number of unbranched alkanes of at least 4 members (excludes halogenated alkanes) is 4. The van der Waals surface area contributed by atoms with Crippen LogP contribution in [0.15, 0.2) is 0 Å². The minimum Gasteiger partial charge on any atom is -0.332 e. The molecule has 1 heteroatoms. The van der Waals surface area contributed by atoms with E-state index in [1.807, 2.05) is 0 Å². The maximum Gasteiger partial charge on any atom is 2.00 e. The number of rotatable bonds is 4. The zero-order valence-corrected chi connectivity index (χ0v) is 11.7. The molecule has 0 aromatic heterocycles. The summed E-state index contributed by atoms with van der Waals surface area (Å²) in [7, 11) is 0. The monoisotopic (exact) mass is 206 g/mol. The van der Waals surface area contributed by atoms with Crippen molar-refractivity contribution in [3.63, 3.8) is 0 Å². The van der Waals surface area contributed by atoms with Gasteiger partial charge in [-0.1, -0.05) is 26.7 Å². The molecule has 11 heavy (non-hydrogen) atoms. The molecule has 0 N–H and O–H groups in total. The molecule has 0 aliphatic rings. The third-order valence-electron chi connectivity index (χ3n) is 1.15. The third-order valence-corrected chi connectivity index (χ3v) is 1.15. The SMILES string of the molecule is C[CH-]CCC.C[CH-]CCC.[Zn+2]. The van der Waals surface area contributed by atoms with E-state index in [0.29, 0.717) is 0 Å². The fraction of sp³-hybridized carbons (Fsp3) is 0.800. The van der Waals surface area contributed by atoms with Gasteiger partial charge in [0.15, 0.2) is 0 Å². The molecule has 0 aromatic carbocycles. The van der Waals surface area contributed by atoms with Crippen molar-refractivity contribution < 1.29 is 19.5 Å². The van der Waals surface area contributed by atoms with Gasteiger partial charge in [0.05, 0.1) is 0 Å². The minimum absolute atomic E-state index is 0. The van der Waals surface area contributed by atoms with Gasteiger partial charge in [-0.05, 0) is 0 Å². The van der Waals surface area contributed by atoms with Gasteiger partial charge in [-0.25, -0.2) is 0 Å². The second-order valence-electron chi connectivity index (χ2n) is 2.39.